The topological polar surface area (TPSA) is 74.1 Å². The lowest BCUT2D eigenvalue weighted by Crippen LogP contribution is -2.48. The van der Waals surface area contributed by atoms with Crippen LogP contribution in [0.1, 0.15) is 30.0 Å². The number of piperazine rings is 1. The standard InChI is InChI=1S/C29H30FN3O4S/c1-3-31(4-2)25-12-7-22-19-28(37-27(22)20-25)29(34)21-5-10-24(11-6-21)32-15-17-33(18-16-32)38(35,36)26-13-8-23(30)9-14-26/h5-14,19-20H,3-4,15-18H2,1-2H3. The number of hydrogen-bond acceptors (Lipinski definition) is 6. The van der Waals surface area contributed by atoms with Crippen LogP contribution >= 0.6 is 0 Å². The summed E-state index contributed by atoms with van der Waals surface area (Å²) < 4.78 is 46.3. The Morgan fingerprint density at radius 2 is 1.55 bits per heavy atom. The molecular formula is C29H30FN3O4S. The smallest absolute Gasteiger partial charge is 0.243 e. The third-order valence-corrected chi connectivity index (χ3v) is 8.95. The van der Waals surface area contributed by atoms with Gasteiger partial charge in [-0.15, -0.1) is 0 Å². The molecule has 9 heteroatoms. The maximum absolute atomic E-state index is 13.2. The van der Waals surface area contributed by atoms with Gasteiger partial charge < -0.3 is 14.2 Å². The van der Waals surface area contributed by atoms with Crippen molar-refractivity contribution < 1.29 is 22.0 Å². The van der Waals surface area contributed by atoms with Crippen molar-refractivity contribution in [1.82, 2.24) is 4.31 Å². The Hall–Kier alpha value is -3.69. The van der Waals surface area contributed by atoms with Gasteiger partial charge in [0, 0.05) is 67.7 Å². The molecule has 0 amide bonds. The number of anilines is 2. The minimum Gasteiger partial charge on any atom is -0.452 e. The Morgan fingerprint density at radius 1 is 0.895 bits per heavy atom. The molecule has 0 aliphatic carbocycles. The second-order valence-electron chi connectivity index (χ2n) is 9.23. The lowest BCUT2D eigenvalue weighted by Gasteiger charge is -2.35. The fraction of sp³-hybridized carbons (Fsp3) is 0.276. The number of fused-ring (bicyclic) bond motifs is 1. The zero-order valence-electron chi connectivity index (χ0n) is 21.4. The lowest BCUT2D eigenvalue weighted by atomic mass is 10.1. The number of benzene rings is 3. The summed E-state index contributed by atoms with van der Waals surface area (Å²) in [6, 6.07) is 19.9. The summed E-state index contributed by atoms with van der Waals surface area (Å²) in [4.78, 5) is 17.5. The molecule has 1 fully saturated rings. The molecule has 0 saturated carbocycles. The third kappa shape index (κ3) is 5.04. The molecule has 3 aromatic carbocycles. The van der Waals surface area contributed by atoms with Gasteiger partial charge in [-0.25, -0.2) is 12.8 Å². The number of carbonyl (C=O) groups excluding carboxylic acids is 1. The zero-order chi connectivity index (χ0) is 26.9. The molecule has 5 rings (SSSR count). The van der Waals surface area contributed by atoms with Gasteiger partial charge in [-0.3, -0.25) is 4.79 Å². The van der Waals surface area contributed by atoms with E-state index in [9.17, 15) is 17.6 Å². The fourth-order valence-electron chi connectivity index (χ4n) is 4.83. The van der Waals surface area contributed by atoms with Crippen molar-refractivity contribution in [3.05, 3.63) is 89.9 Å². The molecule has 0 radical (unpaired) electrons. The van der Waals surface area contributed by atoms with E-state index in [1.807, 2.05) is 30.3 Å². The van der Waals surface area contributed by atoms with E-state index in [1.54, 1.807) is 18.2 Å². The highest BCUT2D eigenvalue weighted by Crippen LogP contribution is 2.27. The van der Waals surface area contributed by atoms with Gasteiger partial charge in [-0.05, 0) is 80.6 Å². The highest BCUT2D eigenvalue weighted by Gasteiger charge is 2.28. The average molecular weight is 536 g/mol. The molecule has 7 nitrogen and oxygen atoms in total. The van der Waals surface area contributed by atoms with E-state index >= 15 is 0 Å². The number of rotatable bonds is 8. The first kappa shape index (κ1) is 25.9. The van der Waals surface area contributed by atoms with Crippen LogP contribution in [0.3, 0.4) is 0 Å². The number of carbonyl (C=O) groups is 1. The second-order valence-corrected chi connectivity index (χ2v) is 11.2. The molecule has 0 atom stereocenters. The van der Waals surface area contributed by atoms with E-state index in [0.717, 1.165) is 42.0 Å². The summed E-state index contributed by atoms with van der Waals surface area (Å²) in [5.74, 6) is -0.364. The largest absolute Gasteiger partial charge is 0.452 e. The molecule has 0 spiro atoms. The molecule has 198 valence electrons. The summed E-state index contributed by atoms with van der Waals surface area (Å²) in [6.45, 7) is 7.62. The SMILES string of the molecule is CCN(CC)c1ccc2cc(C(=O)c3ccc(N4CCN(S(=O)(=O)c5ccc(F)cc5)CC4)cc3)oc2c1. The Labute approximate surface area is 222 Å². The second kappa shape index (κ2) is 10.6. The van der Waals surface area contributed by atoms with Gasteiger partial charge in [0.15, 0.2) is 5.76 Å². The molecule has 1 saturated heterocycles. The fourth-order valence-corrected chi connectivity index (χ4v) is 6.25. The highest BCUT2D eigenvalue weighted by molar-refractivity contribution is 7.89. The van der Waals surface area contributed by atoms with Crippen LogP contribution in [0.5, 0.6) is 0 Å². The Morgan fingerprint density at radius 3 is 2.18 bits per heavy atom. The Kier molecular flexibility index (Phi) is 7.23. The van der Waals surface area contributed by atoms with Gasteiger partial charge in [0.1, 0.15) is 11.4 Å². The van der Waals surface area contributed by atoms with E-state index in [-0.39, 0.29) is 10.7 Å². The van der Waals surface area contributed by atoms with Gasteiger partial charge in [-0.2, -0.15) is 4.31 Å². The van der Waals surface area contributed by atoms with Crippen molar-refractivity contribution in [2.45, 2.75) is 18.7 Å². The van der Waals surface area contributed by atoms with Gasteiger partial charge >= 0.3 is 0 Å². The van der Waals surface area contributed by atoms with Crippen LogP contribution in [0.15, 0.2) is 82.1 Å². The molecule has 1 aliphatic heterocycles. The minimum absolute atomic E-state index is 0.0880. The van der Waals surface area contributed by atoms with Crippen LogP contribution in [0.2, 0.25) is 0 Å². The van der Waals surface area contributed by atoms with E-state index < -0.39 is 15.8 Å². The van der Waals surface area contributed by atoms with Crippen LogP contribution in [-0.2, 0) is 10.0 Å². The molecular weight excluding hydrogens is 505 g/mol. The minimum atomic E-state index is -3.67. The number of furan rings is 1. The maximum atomic E-state index is 13.2. The van der Waals surface area contributed by atoms with E-state index in [2.05, 4.69) is 23.6 Å². The van der Waals surface area contributed by atoms with Crippen LogP contribution in [0, 0.1) is 5.82 Å². The molecule has 1 aliphatic rings. The quantitative estimate of drug-likeness (QED) is 0.290. The van der Waals surface area contributed by atoms with Crippen molar-refractivity contribution in [3.63, 3.8) is 0 Å². The molecule has 1 aromatic heterocycles. The normalized spacial score (nSPS) is 14.7. The molecule has 0 unspecified atom stereocenters. The summed E-state index contributed by atoms with van der Waals surface area (Å²) in [7, 11) is -3.67. The van der Waals surface area contributed by atoms with Gasteiger partial charge in [0.2, 0.25) is 15.8 Å². The van der Waals surface area contributed by atoms with Crippen molar-refractivity contribution in [1.29, 1.82) is 0 Å². The van der Waals surface area contributed by atoms with Crippen LogP contribution in [0.4, 0.5) is 15.8 Å². The van der Waals surface area contributed by atoms with Crippen molar-refractivity contribution in [3.8, 4) is 0 Å². The first-order valence-corrected chi connectivity index (χ1v) is 14.2. The first-order chi connectivity index (χ1) is 18.3. The van der Waals surface area contributed by atoms with Gasteiger partial charge in [0.05, 0.1) is 4.90 Å². The monoisotopic (exact) mass is 535 g/mol. The third-order valence-electron chi connectivity index (χ3n) is 7.04. The summed E-state index contributed by atoms with van der Waals surface area (Å²) in [5, 5.41) is 0.884. The van der Waals surface area contributed by atoms with E-state index in [1.165, 1.54) is 16.4 Å². The van der Waals surface area contributed by atoms with Crippen LogP contribution < -0.4 is 9.80 Å². The summed E-state index contributed by atoms with van der Waals surface area (Å²) in [6.07, 6.45) is 0. The van der Waals surface area contributed by atoms with Crippen LogP contribution in [-0.4, -0.2) is 57.8 Å². The number of hydrogen-bond donors (Lipinski definition) is 0. The molecule has 0 bridgehead atoms. The van der Waals surface area contributed by atoms with Gasteiger partial charge in [0.25, 0.3) is 0 Å². The maximum Gasteiger partial charge on any atom is 0.243 e. The van der Waals surface area contributed by atoms with E-state index in [4.69, 9.17) is 4.42 Å². The van der Waals surface area contributed by atoms with Gasteiger partial charge in [-0.1, -0.05) is 0 Å². The lowest BCUT2D eigenvalue weighted by molar-refractivity contribution is 0.101. The van der Waals surface area contributed by atoms with Crippen molar-refractivity contribution in [2.24, 2.45) is 0 Å². The predicted molar refractivity (Wildman–Crippen MR) is 147 cm³/mol. The summed E-state index contributed by atoms with van der Waals surface area (Å²) in [5.41, 5.74) is 3.18. The molecule has 38 heavy (non-hydrogen) atoms. The number of sulfonamides is 1. The zero-order valence-corrected chi connectivity index (χ0v) is 22.2. The molecule has 0 N–H and O–H groups in total. The van der Waals surface area contributed by atoms with Crippen molar-refractivity contribution in [2.75, 3.05) is 49.1 Å². The molecule has 4 aromatic rings. The van der Waals surface area contributed by atoms with E-state index in [0.29, 0.717) is 43.1 Å². The predicted octanol–water partition coefficient (Wildman–Crippen LogP) is 5.16. The van der Waals surface area contributed by atoms with Crippen molar-refractivity contribution >= 4 is 38.2 Å². The number of nitrogens with zero attached hydrogens (tertiary/aromatic N) is 3. The average Bonchev–Trinajstić information content (AvgIpc) is 3.37. The Balaban J connectivity index is 1.25. The number of ketones is 1. The highest BCUT2D eigenvalue weighted by atomic mass is 32.2. The molecule has 2 heterocycles. The van der Waals surface area contributed by atoms with Crippen LogP contribution in [0.25, 0.3) is 11.0 Å². The first-order valence-electron chi connectivity index (χ1n) is 12.7. The number of halogens is 1. The Bertz CT molecular complexity index is 1540. The summed E-state index contributed by atoms with van der Waals surface area (Å²) >= 11 is 0.